The Morgan fingerprint density at radius 3 is 2.54 bits per heavy atom. The summed E-state index contributed by atoms with van der Waals surface area (Å²) >= 11 is 1.04. The number of anilines is 1. The predicted octanol–water partition coefficient (Wildman–Crippen LogP) is 3.53. The van der Waals surface area contributed by atoms with E-state index in [0.29, 0.717) is 5.69 Å². The molecular weight excluding hydrogens is 358 g/mol. The van der Waals surface area contributed by atoms with Crippen LogP contribution in [0.25, 0.3) is 0 Å². The summed E-state index contributed by atoms with van der Waals surface area (Å²) in [6.45, 7) is 4.24. The molecule has 138 valence electrons. The van der Waals surface area contributed by atoms with Crippen molar-refractivity contribution in [2.45, 2.75) is 11.4 Å². The zero-order valence-electron chi connectivity index (χ0n) is 14.2. The van der Waals surface area contributed by atoms with E-state index in [9.17, 15) is 13.6 Å². The van der Waals surface area contributed by atoms with Crippen molar-refractivity contribution in [1.29, 1.82) is 0 Å². The molecule has 0 spiro atoms. The minimum Gasteiger partial charge on any atom is -0.379 e. The normalized spacial score (nSPS) is 15.0. The lowest BCUT2D eigenvalue weighted by molar-refractivity contribution is -0.113. The molecule has 3 rings (SSSR count). The minimum atomic E-state index is -0.657. The Kier molecular flexibility index (Phi) is 6.60. The van der Waals surface area contributed by atoms with Crippen molar-refractivity contribution in [3.8, 4) is 0 Å². The van der Waals surface area contributed by atoms with Crippen LogP contribution >= 0.6 is 11.8 Å². The van der Waals surface area contributed by atoms with E-state index < -0.39 is 11.6 Å². The van der Waals surface area contributed by atoms with E-state index in [0.717, 1.165) is 50.7 Å². The minimum absolute atomic E-state index is 0.0537. The summed E-state index contributed by atoms with van der Waals surface area (Å²) in [5, 5.41) is 2.78. The topological polar surface area (TPSA) is 41.6 Å². The monoisotopic (exact) mass is 378 g/mol. The number of rotatable bonds is 6. The van der Waals surface area contributed by atoms with Crippen molar-refractivity contribution in [2.75, 3.05) is 37.4 Å². The summed E-state index contributed by atoms with van der Waals surface area (Å²) in [7, 11) is 0. The quantitative estimate of drug-likeness (QED) is 0.781. The number of halogens is 2. The Labute approximate surface area is 155 Å². The number of hydrogen-bond donors (Lipinski definition) is 1. The number of carbonyl (C=O) groups is 1. The first-order valence-electron chi connectivity index (χ1n) is 8.37. The van der Waals surface area contributed by atoms with Crippen molar-refractivity contribution < 1.29 is 18.3 Å². The molecule has 1 aliphatic heterocycles. The first-order chi connectivity index (χ1) is 12.6. The lowest BCUT2D eigenvalue weighted by Crippen LogP contribution is -2.35. The molecule has 1 saturated heterocycles. The summed E-state index contributed by atoms with van der Waals surface area (Å²) in [5.41, 5.74) is 1.87. The molecule has 0 atom stereocenters. The van der Waals surface area contributed by atoms with Crippen molar-refractivity contribution in [1.82, 2.24) is 4.90 Å². The van der Waals surface area contributed by atoms with Gasteiger partial charge in [0.25, 0.3) is 0 Å². The lowest BCUT2D eigenvalue weighted by atomic mass is 10.2. The van der Waals surface area contributed by atoms with Gasteiger partial charge < -0.3 is 10.1 Å². The molecule has 0 unspecified atom stereocenters. The van der Waals surface area contributed by atoms with E-state index in [1.807, 2.05) is 24.3 Å². The van der Waals surface area contributed by atoms with Crippen LogP contribution < -0.4 is 5.32 Å². The van der Waals surface area contributed by atoms with Gasteiger partial charge in [0.2, 0.25) is 5.91 Å². The van der Waals surface area contributed by atoms with Crippen molar-refractivity contribution in [3.05, 3.63) is 59.7 Å². The van der Waals surface area contributed by atoms with E-state index in [4.69, 9.17) is 4.74 Å². The maximum absolute atomic E-state index is 13.6. The van der Waals surface area contributed by atoms with E-state index >= 15 is 0 Å². The fourth-order valence-corrected chi connectivity index (χ4v) is 3.36. The average molecular weight is 378 g/mol. The number of ether oxygens (including phenoxy) is 1. The van der Waals surface area contributed by atoms with Crippen LogP contribution in [0.1, 0.15) is 5.56 Å². The number of amides is 1. The zero-order valence-corrected chi connectivity index (χ0v) is 15.0. The first-order valence-corrected chi connectivity index (χ1v) is 9.35. The second-order valence-corrected chi connectivity index (χ2v) is 7.01. The van der Waals surface area contributed by atoms with Crippen LogP contribution in [-0.4, -0.2) is 42.9 Å². The zero-order chi connectivity index (χ0) is 18.4. The molecule has 0 aliphatic carbocycles. The van der Waals surface area contributed by atoms with Crippen LogP contribution in [0.3, 0.4) is 0 Å². The molecule has 2 aromatic carbocycles. The Morgan fingerprint density at radius 1 is 1.12 bits per heavy atom. The number of nitrogens with zero attached hydrogens (tertiary/aromatic N) is 1. The van der Waals surface area contributed by atoms with Gasteiger partial charge in [-0.05, 0) is 29.8 Å². The molecule has 0 radical (unpaired) electrons. The van der Waals surface area contributed by atoms with Gasteiger partial charge in [0, 0.05) is 36.3 Å². The van der Waals surface area contributed by atoms with Crippen molar-refractivity contribution in [2.24, 2.45) is 0 Å². The van der Waals surface area contributed by atoms with Gasteiger partial charge in [-0.2, -0.15) is 0 Å². The Hall–Kier alpha value is -1.96. The van der Waals surface area contributed by atoms with Crippen LogP contribution in [0, 0.1) is 11.6 Å². The van der Waals surface area contributed by atoms with E-state index in [-0.39, 0.29) is 16.6 Å². The average Bonchev–Trinajstić information content (AvgIpc) is 2.63. The van der Waals surface area contributed by atoms with E-state index in [1.54, 1.807) is 0 Å². The highest BCUT2D eigenvalue weighted by molar-refractivity contribution is 8.00. The standard InChI is InChI=1S/C19H20F2N2O2S/c20-15-3-6-18(17(21)11-15)26-13-19(24)22-16-4-1-14(2-5-16)12-23-7-9-25-10-8-23/h1-6,11H,7-10,12-13H2,(H,22,24). The summed E-state index contributed by atoms with van der Waals surface area (Å²) in [6.07, 6.45) is 0. The Bertz CT molecular complexity index is 750. The van der Waals surface area contributed by atoms with Crippen molar-refractivity contribution in [3.63, 3.8) is 0 Å². The molecule has 0 aromatic heterocycles. The molecule has 1 N–H and O–H groups in total. The van der Waals surface area contributed by atoms with Crippen LogP contribution in [0.5, 0.6) is 0 Å². The Balaban J connectivity index is 1.47. The van der Waals surface area contributed by atoms with Gasteiger partial charge in [-0.1, -0.05) is 12.1 Å². The molecule has 1 fully saturated rings. The third-order valence-corrected chi connectivity index (χ3v) is 5.05. The van der Waals surface area contributed by atoms with Gasteiger partial charge in [-0.3, -0.25) is 9.69 Å². The van der Waals surface area contributed by atoms with Crippen molar-refractivity contribution >= 4 is 23.4 Å². The lowest BCUT2D eigenvalue weighted by Gasteiger charge is -2.26. The highest BCUT2D eigenvalue weighted by Gasteiger charge is 2.11. The fourth-order valence-electron chi connectivity index (χ4n) is 2.64. The Morgan fingerprint density at radius 2 is 1.85 bits per heavy atom. The summed E-state index contributed by atoms with van der Waals surface area (Å²) in [4.78, 5) is 14.6. The van der Waals surface area contributed by atoms with Gasteiger partial charge in [-0.15, -0.1) is 11.8 Å². The molecule has 1 heterocycles. The van der Waals surface area contributed by atoms with Crippen LogP contribution in [0.2, 0.25) is 0 Å². The third-order valence-electron chi connectivity index (χ3n) is 4.00. The number of thioether (sulfide) groups is 1. The van der Waals surface area contributed by atoms with Gasteiger partial charge in [0.1, 0.15) is 11.6 Å². The first kappa shape index (κ1) is 18.8. The molecule has 1 amide bonds. The van der Waals surface area contributed by atoms with Crippen LogP contribution in [-0.2, 0) is 16.1 Å². The second-order valence-electron chi connectivity index (χ2n) is 6.00. The number of hydrogen-bond acceptors (Lipinski definition) is 4. The molecule has 0 saturated carbocycles. The highest BCUT2D eigenvalue weighted by atomic mass is 32.2. The number of benzene rings is 2. The summed E-state index contributed by atoms with van der Waals surface area (Å²) in [5.74, 6) is -1.47. The molecule has 26 heavy (non-hydrogen) atoms. The maximum Gasteiger partial charge on any atom is 0.234 e. The summed E-state index contributed by atoms with van der Waals surface area (Å²) in [6, 6.07) is 11.0. The van der Waals surface area contributed by atoms with Gasteiger partial charge >= 0.3 is 0 Å². The molecule has 7 heteroatoms. The highest BCUT2D eigenvalue weighted by Crippen LogP contribution is 2.22. The third kappa shape index (κ3) is 5.52. The smallest absolute Gasteiger partial charge is 0.234 e. The molecule has 2 aromatic rings. The molecule has 0 bridgehead atoms. The second kappa shape index (κ2) is 9.12. The predicted molar refractivity (Wildman–Crippen MR) is 98.2 cm³/mol. The van der Waals surface area contributed by atoms with Gasteiger partial charge in [0.05, 0.1) is 19.0 Å². The van der Waals surface area contributed by atoms with E-state index in [1.165, 1.54) is 17.7 Å². The molecule has 1 aliphatic rings. The molecule has 4 nitrogen and oxygen atoms in total. The van der Waals surface area contributed by atoms with E-state index in [2.05, 4.69) is 10.2 Å². The maximum atomic E-state index is 13.6. The molecular formula is C19H20F2N2O2S. The van der Waals surface area contributed by atoms with Gasteiger partial charge in [0.15, 0.2) is 0 Å². The SMILES string of the molecule is O=C(CSc1ccc(F)cc1F)Nc1ccc(CN2CCOCC2)cc1. The van der Waals surface area contributed by atoms with Gasteiger partial charge in [-0.25, -0.2) is 8.78 Å². The number of nitrogens with one attached hydrogen (secondary N) is 1. The fraction of sp³-hybridized carbons (Fsp3) is 0.316. The number of carbonyl (C=O) groups excluding carboxylic acids is 1. The largest absolute Gasteiger partial charge is 0.379 e. The van der Waals surface area contributed by atoms with Crippen LogP contribution in [0.15, 0.2) is 47.4 Å². The summed E-state index contributed by atoms with van der Waals surface area (Å²) < 4.78 is 31.8. The van der Waals surface area contributed by atoms with Crippen LogP contribution in [0.4, 0.5) is 14.5 Å². The number of morpholine rings is 1.